The van der Waals surface area contributed by atoms with Crippen LogP contribution in [-0.4, -0.2) is 39.0 Å². The van der Waals surface area contributed by atoms with Gasteiger partial charge in [-0.3, -0.25) is 0 Å². The average Bonchev–Trinajstić information content (AvgIpc) is 3.24. The zero-order chi connectivity index (χ0) is 14.4. The van der Waals surface area contributed by atoms with Crippen LogP contribution >= 0.6 is 0 Å². The summed E-state index contributed by atoms with van der Waals surface area (Å²) in [5.74, 6) is 0.450. The summed E-state index contributed by atoms with van der Waals surface area (Å²) in [6, 6.07) is 7.71. The molecule has 1 saturated heterocycles. The lowest BCUT2D eigenvalue weighted by Gasteiger charge is -2.04. The number of epoxide rings is 1. The van der Waals surface area contributed by atoms with Crippen LogP contribution in [0.4, 0.5) is 0 Å². The minimum atomic E-state index is -0.376. The third-order valence-electron chi connectivity index (χ3n) is 2.95. The summed E-state index contributed by atoms with van der Waals surface area (Å²) in [6.07, 6.45) is 3.03. The minimum Gasteiger partial charge on any atom is -0.497 e. The molecule has 1 aromatic rings. The van der Waals surface area contributed by atoms with E-state index >= 15 is 0 Å². The summed E-state index contributed by atoms with van der Waals surface area (Å²) < 4.78 is 20.5. The molecule has 1 aliphatic rings. The van der Waals surface area contributed by atoms with E-state index in [1.165, 1.54) is 13.2 Å². The largest absolute Gasteiger partial charge is 0.497 e. The highest BCUT2D eigenvalue weighted by atomic mass is 16.6. The molecule has 108 valence electrons. The van der Waals surface area contributed by atoms with E-state index in [-0.39, 0.29) is 18.2 Å². The van der Waals surface area contributed by atoms with Crippen LogP contribution in [0.2, 0.25) is 0 Å². The molecule has 0 bridgehead atoms. The van der Waals surface area contributed by atoms with E-state index in [0.29, 0.717) is 13.2 Å². The van der Waals surface area contributed by atoms with Gasteiger partial charge >= 0.3 is 5.97 Å². The number of benzene rings is 1. The second-order valence-electron chi connectivity index (χ2n) is 4.38. The Morgan fingerprint density at radius 3 is 2.70 bits per heavy atom. The van der Waals surface area contributed by atoms with Gasteiger partial charge in [-0.25, -0.2) is 4.79 Å². The van der Waals surface area contributed by atoms with Gasteiger partial charge in [-0.15, -0.1) is 0 Å². The number of rotatable bonds is 7. The quantitative estimate of drug-likeness (QED) is 0.432. The molecule has 2 rings (SSSR count). The Morgan fingerprint density at radius 2 is 2.05 bits per heavy atom. The molecule has 1 fully saturated rings. The van der Waals surface area contributed by atoms with E-state index in [1.54, 1.807) is 13.2 Å². The number of carbonyl (C=O) groups excluding carboxylic acids is 1. The number of carbonyl (C=O) groups is 1. The van der Waals surface area contributed by atoms with E-state index in [0.717, 1.165) is 11.3 Å². The Kier molecular flexibility index (Phi) is 5.15. The fraction of sp³-hybridized carbons (Fsp3) is 0.400. The number of esters is 1. The molecule has 1 aromatic carbocycles. The minimum absolute atomic E-state index is 0.0224. The first-order chi connectivity index (χ1) is 9.72. The van der Waals surface area contributed by atoms with Crippen molar-refractivity contribution in [2.75, 3.05) is 20.8 Å². The van der Waals surface area contributed by atoms with Crippen molar-refractivity contribution in [2.45, 2.75) is 18.8 Å². The van der Waals surface area contributed by atoms with Crippen LogP contribution in [0.15, 0.2) is 36.4 Å². The Morgan fingerprint density at radius 1 is 1.30 bits per heavy atom. The zero-order valence-corrected chi connectivity index (χ0v) is 11.6. The molecular weight excluding hydrogens is 260 g/mol. The number of hydrogen-bond donors (Lipinski definition) is 0. The van der Waals surface area contributed by atoms with Gasteiger partial charge in [-0.1, -0.05) is 12.1 Å². The Bertz CT molecular complexity index is 466. The predicted molar refractivity (Wildman–Crippen MR) is 72.5 cm³/mol. The first-order valence-corrected chi connectivity index (χ1v) is 6.35. The molecule has 1 aliphatic heterocycles. The van der Waals surface area contributed by atoms with Gasteiger partial charge in [-0.2, -0.15) is 0 Å². The van der Waals surface area contributed by atoms with Crippen molar-refractivity contribution >= 4 is 5.97 Å². The summed E-state index contributed by atoms with van der Waals surface area (Å²) in [7, 11) is 2.98. The lowest BCUT2D eigenvalue weighted by atomic mass is 10.2. The molecule has 0 aromatic heterocycles. The molecule has 1 heterocycles. The van der Waals surface area contributed by atoms with Gasteiger partial charge in [0, 0.05) is 6.08 Å². The lowest BCUT2D eigenvalue weighted by Crippen LogP contribution is -2.04. The van der Waals surface area contributed by atoms with E-state index in [2.05, 4.69) is 4.74 Å². The monoisotopic (exact) mass is 278 g/mol. The van der Waals surface area contributed by atoms with Crippen molar-refractivity contribution < 1.29 is 23.7 Å². The molecule has 5 nitrogen and oxygen atoms in total. The summed E-state index contributed by atoms with van der Waals surface area (Å²) in [5.41, 5.74) is 1.08. The van der Waals surface area contributed by atoms with Crippen LogP contribution in [0.25, 0.3) is 0 Å². The molecule has 0 radical (unpaired) electrons. The van der Waals surface area contributed by atoms with Crippen LogP contribution in [0, 0.1) is 0 Å². The van der Waals surface area contributed by atoms with Gasteiger partial charge in [0.2, 0.25) is 0 Å². The molecule has 0 aliphatic carbocycles. The van der Waals surface area contributed by atoms with Crippen LogP contribution in [0.1, 0.15) is 5.56 Å². The lowest BCUT2D eigenvalue weighted by molar-refractivity contribution is -0.134. The van der Waals surface area contributed by atoms with E-state index in [4.69, 9.17) is 14.2 Å². The summed E-state index contributed by atoms with van der Waals surface area (Å²) in [4.78, 5) is 10.9. The smallest absolute Gasteiger partial charge is 0.330 e. The van der Waals surface area contributed by atoms with Crippen LogP contribution in [0.5, 0.6) is 5.75 Å². The van der Waals surface area contributed by atoms with Crippen molar-refractivity contribution in [1.82, 2.24) is 0 Å². The van der Waals surface area contributed by atoms with Gasteiger partial charge in [0.25, 0.3) is 0 Å². The second kappa shape index (κ2) is 7.07. The number of hydrogen-bond acceptors (Lipinski definition) is 5. The van der Waals surface area contributed by atoms with Gasteiger partial charge < -0.3 is 18.9 Å². The summed E-state index contributed by atoms with van der Waals surface area (Å²) in [6.45, 7) is 1.03. The van der Waals surface area contributed by atoms with Gasteiger partial charge in [0.15, 0.2) is 0 Å². The Hall–Kier alpha value is -1.85. The maximum atomic E-state index is 10.9. The maximum Gasteiger partial charge on any atom is 0.330 e. The SMILES string of the molecule is COC(=O)/C=C/[C@H]1O[C@H]1COCc1ccc(OC)cc1. The first-order valence-electron chi connectivity index (χ1n) is 6.35. The van der Waals surface area contributed by atoms with Crippen molar-refractivity contribution in [1.29, 1.82) is 0 Å². The third kappa shape index (κ3) is 4.36. The van der Waals surface area contributed by atoms with Gasteiger partial charge in [0.1, 0.15) is 18.0 Å². The van der Waals surface area contributed by atoms with Crippen LogP contribution in [-0.2, 0) is 25.6 Å². The molecule has 0 amide bonds. The number of ether oxygens (including phenoxy) is 4. The fourth-order valence-corrected chi connectivity index (χ4v) is 1.72. The summed E-state index contributed by atoms with van der Waals surface area (Å²) >= 11 is 0. The van der Waals surface area contributed by atoms with Crippen molar-refractivity contribution in [3.05, 3.63) is 42.0 Å². The highest BCUT2D eigenvalue weighted by Gasteiger charge is 2.36. The second-order valence-corrected chi connectivity index (χ2v) is 4.38. The molecule has 0 spiro atoms. The molecule has 0 N–H and O–H groups in total. The standard InChI is InChI=1S/C15H18O5/c1-17-12-5-3-11(4-6-12)9-19-10-14-13(20-14)7-8-15(16)18-2/h3-8,13-14H,9-10H2,1-2H3/b8-7+/t13-,14+/m1/s1. The van der Waals surface area contributed by atoms with Gasteiger partial charge in [-0.05, 0) is 23.8 Å². The highest BCUT2D eigenvalue weighted by Crippen LogP contribution is 2.24. The van der Waals surface area contributed by atoms with Crippen LogP contribution in [0.3, 0.4) is 0 Å². The van der Waals surface area contributed by atoms with E-state index in [9.17, 15) is 4.79 Å². The highest BCUT2D eigenvalue weighted by molar-refractivity contribution is 5.81. The van der Waals surface area contributed by atoms with Crippen LogP contribution < -0.4 is 4.74 Å². The molecule has 0 unspecified atom stereocenters. The normalized spacial score (nSPS) is 20.9. The van der Waals surface area contributed by atoms with Crippen molar-refractivity contribution in [2.24, 2.45) is 0 Å². The molecule has 5 heteroatoms. The summed E-state index contributed by atoms with van der Waals surface area (Å²) in [5, 5.41) is 0. The average molecular weight is 278 g/mol. The predicted octanol–water partition coefficient (Wildman–Crippen LogP) is 1.71. The molecule has 2 atom stereocenters. The van der Waals surface area contributed by atoms with Gasteiger partial charge in [0.05, 0.1) is 27.4 Å². The zero-order valence-electron chi connectivity index (χ0n) is 11.6. The first kappa shape index (κ1) is 14.6. The molecular formula is C15H18O5. The maximum absolute atomic E-state index is 10.9. The Balaban J connectivity index is 1.65. The van der Waals surface area contributed by atoms with Crippen molar-refractivity contribution in [3.8, 4) is 5.75 Å². The Labute approximate surface area is 118 Å². The molecule has 0 saturated carbocycles. The fourth-order valence-electron chi connectivity index (χ4n) is 1.72. The third-order valence-corrected chi connectivity index (χ3v) is 2.95. The topological polar surface area (TPSA) is 57.3 Å². The number of methoxy groups -OCH3 is 2. The van der Waals surface area contributed by atoms with E-state index < -0.39 is 0 Å². The van der Waals surface area contributed by atoms with Crippen molar-refractivity contribution in [3.63, 3.8) is 0 Å². The van der Waals surface area contributed by atoms with E-state index in [1.807, 2.05) is 24.3 Å². The molecule has 20 heavy (non-hydrogen) atoms.